The minimum Gasteiger partial charge on any atom is -0.490 e. The third-order valence-electron chi connectivity index (χ3n) is 4.13. The highest BCUT2D eigenvalue weighted by Crippen LogP contribution is 2.23. The first-order valence-electron chi connectivity index (χ1n) is 8.78. The zero-order chi connectivity index (χ0) is 17.6. The number of alkyl carbamates (subject to hydrolysis) is 1. The molecule has 2 aromatic rings. The van der Waals surface area contributed by atoms with Gasteiger partial charge in [-0.15, -0.1) is 0 Å². The summed E-state index contributed by atoms with van der Waals surface area (Å²) in [4.78, 5) is 15.9. The van der Waals surface area contributed by atoms with Crippen molar-refractivity contribution in [2.24, 2.45) is 5.92 Å². The van der Waals surface area contributed by atoms with Crippen LogP contribution in [0.3, 0.4) is 0 Å². The van der Waals surface area contributed by atoms with E-state index in [0.717, 1.165) is 29.5 Å². The fraction of sp³-hybridized carbons (Fsp3) is 0.474. The van der Waals surface area contributed by atoms with E-state index in [-0.39, 0.29) is 18.4 Å². The summed E-state index contributed by atoms with van der Waals surface area (Å²) in [5.74, 6) is 1.22. The molecule has 25 heavy (non-hydrogen) atoms. The highest BCUT2D eigenvalue weighted by atomic mass is 16.6. The van der Waals surface area contributed by atoms with Crippen LogP contribution in [0.15, 0.2) is 36.7 Å². The normalized spacial score (nSPS) is 20.4. The van der Waals surface area contributed by atoms with Gasteiger partial charge in [0.05, 0.1) is 0 Å². The van der Waals surface area contributed by atoms with E-state index in [9.17, 15) is 4.79 Å². The molecule has 1 aromatic heterocycles. The van der Waals surface area contributed by atoms with Crippen molar-refractivity contribution < 1.29 is 14.3 Å². The maximum atomic E-state index is 11.8. The van der Waals surface area contributed by atoms with Crippen LogP contribution >= 0.6 is 0 Å². The maximum Gasteiger partial charge on any atom is 0.408 e. The molecule has 2 atom stereocenters. The molecule has 1 aliphatic heterocycles. The number of rotatable bonds is 5. The van der Waals surface area contributed by atoms with E-state index in [1.165, 1.54) is 0 Å². The molecule has 0 bridgehead atoms. The van der Waals surface area contributed by atoms with Crippen LogP contribution in [0.4, 0.5) is 4.79 Å². The lowest BCUT2D eigenvalue weighted by Gasteiger charge is -2.30. The number of carbonyl (C=O) groups excluding carboxylic acids is 1. The Labute approximate surface area is 147 Å². The topological polar surface area (TPSA) is 72.5 Å². The van der Waals surface area contributed by atoms with Crippen molar-refractivity contribution in [2.75, 3.05) is 13.1 Å². The van der Waals surface area contributed by atoms with Crippen molar-refractivity contribution in [3.8, 4) is 5.75 Å². The third-order valence-corrected chi connectivity index (χ3v) is 4.13. The number of amides is 1. The number of carbonyl (C=O) groups is 1. The number of hydrogen-bond acceptors (Lipinski definition) is 5. The number of nitrogens with zero attached hydrogens (tertiary/aromatic N) is 1. The second kappa shape index (κ2) is 8.16. The lowest BCUT2D eigenvalue weighted by atomic mass is 10.1. The standard InChI is InChI=1S/C19H25N3O3/c1-13(2)11-22-19(23)25-18-10-17(6-8-21-18)24-16-4-3-15-12-20-7-5-14(15)9-16/h3-5,7,9,12-13,17-18,21H,6,8,10-11H2,1-2H3,(H,22,23)/t17-,18-/m1/s1. The molecule has 1 saturated heterocycles. The molecule has 134 valence electrons. The van der Waals surface area contributed by atoms with Gasteiger partial charge in [0, 0.05) is 37.3 Å². The Morgan fingerprint density at radius 1 is 1.36 bits per heavy atom. The predicted octanol–water partition coefficient (Wildman–Crippen LogP) is 3.07. The molecule has 0 aliphatic carbocycles. The van der Waals surface area contributed by atoms with E-state index in [1.807, 2.05) is 44.3 Å². The Bertz CT molecular complexity index is 720. The first-order chi connectivity index (χ1) is 12.1. The average molecular weight is 343 g/mol. The first kappa shape index (κ1) is 17.5. The number of aromatic nitrogens is 1. The van der Waals surface area contributed by atoms with Crippen LogP contribution in [0.2, 0.25) is 0 Å². The minimum absolute atomic E-state index is 0.0171. The number of ether oxygens (including phenoxy) is 2. The summed E-state index contributed by atoms with van der Waals surface area (Å²) in [5, 5.41) is 8.16. The maximum absolute atomic E-state index is 11.8. The van der Waals surface area contributed by atoms with Crippen LogP contribution in [0, 0.1) is 5.92 Å². The lowest BCUT2D eigenvalue weighted by molar-refractivity contribution is 0.0201. The average Bonchev–Trinajstić information content (AvgIpc) is 2.60. The van der Waals surface area contributed by atoms with Gasteiger partial charge in [-0.2, -0.15) is 0 Å². The van der Waals surface area contributed by atoms with Gasteiger partial charge in [-0.1, -0.05) is 13.8 Å². The van der Waals surface area contributed by atoms with Gasteiger partial charge in [0.1, 0.15) is 11.9 Å². The Kier molecular flexibility index (Phi) is 5.71. The highest BCUT2D eigenvalue weighted by Gasteiger charge is 2.25. The monoisotopic (exact) mass is 343 g/mol. The van der Waals surface area contributed by atoms with Crippen molar-refractivity contribution in [1.82, 2.24) is 15.6 Å². The number of benzene rings is 1. The van der Waals surface area contributed by atoms with Gasteiger partial charge in [-0.3, -0.25) is 10.3 Å². The fourth-order valence-corrected chi connectivity index (χ4v) is 2.83. The van der Waals surface area contributed by atoms with E-state index >= 15 is 0 Å². The Morgan fingerprint density at radius 3 is 3.08 bits per heavy atom. The molecule has 6 nitrogen and oxygen atoms in total. The van der Waals surface area contributed by atoms with Gasteiger partial charge >= 0.3 is 6.09 Å². The Hall–Kier alpha value is -2.34. The van der Waals surface area contributed by atoms with Crippen LogP contribution in [0.25, 0.3) is 10.8 Å². The van der Waals surface area contributed by atoms with Gasteiger partial charge in [-0.25, -0.2) is 4.79 Å². The van der Waals surface area contributed by atoms with Gasteiger partial charge in [0.15, 0.2) is 6.23 Å². The van der Waals surface area contributed by atoms with Gasteiger partial charge in [-0.05, 0) is 42.0 Å². The molecule has 0 radical (unpaired) electrons. The van der Waals surface area contributed by atoms with E-state index in [1.54, 1.807) is 6.20 Å². The zero-order valence-electron chi connectivity index (χ0n) is 14.7. The summed E-state index contributed by atoms with van der Waals surface area (Å²) in [6.45, 7) is 5.45. The molecule has 1 aromatic carbocycles. The molecular weight excluding hydrogens is 318 g/mol. The Balaban J connectivity index is 1.54. The molecule has 1 fully saturated rings. The quantitative estimate of drug-likeness (QED) is 0.873. The lowest BCUT2D eigenvalue weighted by Crippen LogP contribution is -2.46. The van der Waals surface area contributed by atoms with Crippen molar-refractivity contribution in [3.05, 3.63) is 36.7 Å². The second-order valence-corrected chi connectivity index (χ2v) is 6.77. The minimum atomic E-state index is -0.384. The van der Waals surface area contributed by atoms with Crippen LogP contribution in [-0.2, 0) is 4.74 Å². The SMILES string of the molecule is CC(C)CNC(=O)O[C@@H]1C[C@H](Oc2ccc3cnccc3c2)CCN1. The number of pyridine rings is 1. The number of nitrogens with one attached hydrogen (secondary N) is 2. The number of fused-ring (bicyclic) bond motifs is 1. The smallest absolute Gasteiger partial charge is 0.408 e. The third kappa shape index (κ3) is 5.06. The number of hydrogen-bond donors (Lipinski definition) is 2. The van der Waals surface area contributed by atoms with E-state index in [4.69, 9.17) is 9.47 Å². The molecule has 0 spiro atoms. The van der Waals surface area contributed by atoms with Gasteiger partial charge < -0.3 is 14.8 Å². The van der Waals surface area contributed by atoms with Crippen LogP contribution in [-0.4, -0.2) is 36.5 Å². The summed E-state index contributed by atoms with van der Waals surface area (Å²) < 4.78 is 11.5. The van der Waals surface area contributed by atoms with E-state index in [2.05, 4.69) is 15.6 Å². The van der Waals surface area contributed by atoms with Crippen molar-refractivity contribution in [2.45, 2.75) is 39.0 Å². The fourth-order valence-electron chi connectivity index (χ4n) is 2.83. The zero-order valence-corrected chi connectivity index (χ0v) is 14.7. The molecule has 6 heteroatoms. The van der Waals surface area contributed by atoms with Gasteiger partial charge in [0.2, 0.25) is 0 Å². The molecule has 2 N–H and O–H groups in total. The van der Waals surface area contributed by atoms with Crippen LogP contribution < -0.4 is 15.4 Å². The summed E-state index contributed by atoms with van der Waals surface area (Å²) in [6, 6.07) is 7.95. The predicted molar refractivity (Wildman–Crippen MR) is 96.5 cm³/mol. The molecule has 2 heterocycles. The summed E-state index contributed by atoms with van der Waals surface area (Å²) >= 11 is 0. The highest BCUT2D eigenvalue weighted by molar-refractivity contribution is 5.82. The summed E-state index contributed by atoms with van der Waals surface area (Å²) in [5.41, 5.74) is 0. The summed E-state index contributed by atoms with van der Waals surface area (Å²) in [7, 11) is 0. The molecule has 1 aliphatic rings. The molecule has 0 saturated carbocycles. The molecular formula is C19H25N3O3. The molecule has 1 amide bonds. The van der Waals surface area contributed by atoms with Gasteiger partial charge in [0.25, 0.3) is 0 Å². The van der Waals surface area contributed by atoms with E-state index in [0.29, 0.717) is 18.9 Å². The second-order valence-electron chi connectivity index (χ2n) is 6.77. The number of piperidine rings is 1. The molecule has 3 rings (SSSR count). The largest absolute Gasteiger partial charge is 0.490 e. The van der Waals surface area contributed by atoms with Crippen LogP contribution in [0.1, 0.15) is 26.7 Å². The van der Waals surface area contributed by atoms with Crippen molar-refractivity contribution >= 4 is 16.9 Å². The van der Waals surface area contributed by atoms with Crippen LogP contribution in [0.5, 0.6) is 5.75 Å². The van der Waals surface area contributed by atoms with E-state index < -0.39 is 0 Å². The Morgan fingerprint density at radius 2 is 2.24 bits per heavy atom. The first-order valence-corrected chi connectivity index (χ1v) is 8.78. The molecule has 0 unspecified atom stereocenters. The van der Waals surface area contributed by atoms with Crippen molar-refractivity contribution in [3.63, 3.8) is 0 Å². The summed E-state index contributed by atoms with van der Waals surface area (Å²) in [6.07, 6.45) is 4.43. The van der Waals surface area contributed by atoms with Crippen molar-refractivity contribution in [1.29, 1.82) is 0 Å².